The topological polar surface area (TPSA) is 25.2 Å². The van der Waals surface area contributed by atoms with Gasteiger partial charge in [0.05, 0.1) is 6.04 Å². The summed E-state index contributed by atoms with van der Waals surface area (Å²) < 4.78 is 5.55. The van der Waals surface area contributed by atoms with E-state index in [2.05, 4.69) is 44.3 Å². The van der Waals surface area contributed by atoms with E-state index in [0.29, 0.717) is 5.22 Å². The number of aryl methyl sites for hydroxylation is 2. The highest BCUT2D eigenvalue weighted by atomic mass is 35.5. The van der Waals surface area contributed by atoms with Crippen molar-refractivity contribution in [1.82, 2.24) is 5.32 Å². The van der Waals surface area contributed by atoms with Gasteiger partial charge in [0.1, 0.15) is 5.76 Å². The predicted octanol–water partition coefficient (Wildman–Crippen LogP) is 4.25. The second-order valence-electron chi connectivity index (χ2n) is 4.49. The van der Waals surface area contributed by atoms with E-state index in [4.69, 9.17) is 16.0 Å². The number of hydrogen-bond donors (Lipinski definition) is 1. The Labute approximate surface area is 113 Å². The molecule has 0 saturated carbocycles. The molecule has 1 N–H and O–H groups in total. The summed E-state index contributed by atoms with van der Waals surface area (Å²) in [5.74, 6) is 0.857. The number of benzene rings is 1. The summed E-state index contributed by atoms with van der Waals surface area (Å²) in [4.78, 5) is 0. The Bertz CT molecular complexity index is 533. The highest BCUT2D eigenvalue weighted by Crippen LogP contribution is 2.28. The predicted molar refractivity (Wildman–Crippen MR) is 75.2 cm³/mol. The first-order valence-electron chi connectivity index (χ1n) is 6.17. The molecular formula is C15H18ClNO. The lowest BCUT2D eigenvalue weighted by Crippen LogP contribution is -2.22. The monoisotopic (exact) mass is 263 g/mol. The third kappa shape index (κ3) is 2.77. The van der Waals surface area contributed by atoms with E-state index in [1.165, 1.54) is 16.7 Å². The van der Waals surface area contributed by atoms with E-state index in [0.717, 1.165) is 12.3 Å². The van der Waals surface area contributed by atoms with Gasteiger partial charge in [0.2, 0.25) is 0 Å². The minimum absolute atomic E-state index is 0.0578. The Morgan fingerprint density at radius 3 is 2.61 bits per heavy atom. The smallest absolute Gasteiger partial charge is 0.193 e. The largest absolute Gasteiger partial charge is 0.448 e. The van der Waals surface area contributed by atoms with Gasteiger partial charge in [0.25, 0.3) is 0 Å². The summed E-state index contributed by atoms with van der Waals surface area (Å²) in [6, 6.07) is 10.2. The van der Waals surface area contributed by atoms with Crippen LogP contribution in [0.5, 0.6) is 0 Å². The standard InChI is InChI=1S/C15H18ClNO/c1-4-17-15(13-7-8-14(16)18-13)12-9-10(2)5-6-11(12)3/h5-9,15,17H,4H2,1-3H3. The highest BCUT2D eigenvalue weighted by Gasteiger charge is 2.18. The molecule has 2 nitrogen and oxygen atoms in total. The van der Waals surface area contributed by atoms with Crippen LogP contribution in [0.3, 0.4) is 0 Å². The number of hydrogen-bond acceptors (Lipinski definition) is 2. The molecule has 1 heterocycles. The average molecular weight is 264 g/mol. The van der Waals surface area contributed by atoms with Gasteiger partial charge in [-0.2, -0.15) is 0 Å². The summed E-state index contributed by atoms with van der Waals surface area (Å²) in [5, 5.41) is 3.87. The molecule has 0 amide bonds. The van der Waals surface area contributed by atoms with Gasteiger partial charge in [0, 0.05) is 0 Å². The van der Waals surface area contributed by atoms with Crippen molar-refractivity contribution >= 4 is 11.6 Å². The van der Waals surface area contributed by atoms with Crippen LogP contribution in [-0.4, -0.2) is 6.54 Å². The first-order valence-corrected chi connectivity index (χ1v) is 6.55. The van der Waals surface area contributed by atoms with Crippen LogP contribution < -0.4 is 5.32 Å². The van der Waals surface area contributed by atoms with Crippen molar-refractivity contribution < 1.29 is 4.42 Å². The molecule has 0 aliphatic carbocycles. The van der Waals surface area contributed by atoms with Crippen molar-refractivity contribution in [1.29, 1.82) is 0 Å². The summed E-state index contributed by atoms with van der Waals surface area (Å²) in [5.41, 5.74) is 3.73. The van der Waals surface area contributed by atoms with Crippen LogP contribution >= 0.6 is 11.6 Å². The van der Waals surface area contributed by atoms with Gasteiger partial charge in [0.15, 0.2) is 5.22 Å². The van der Waals surface area contributed by atoms with Crippen LogP contribution in [-0.2, 0) is 0 Å². The molecule has 0 radical (unpaired) electrons. The third-order valence-electron chi connectivity index (χ3n) is 3.03. The third-order valence-corrected chi connectivity index (χ3v) is 3.24. The van der Waals surface area contributed by atoms with E-state index >= 15 is 0 Å². The maximum atomic E-state index is 5.87. The Morgan fingerprint density at radius 2 is 2.00 bits per heavy atom. The van der Waals surface area contributed by atoms with Crippen molar-refractivity contribution in [3.05, 3.63) is 58.0 Å². The molecule has 96 valence electrons. The van der Waals surface area contributed by atoms with Gasteiger partial charge in [-0.3, -0.25) is 0 Å². The molecule has 0 aliphatic heterocycles. The summed E-state index contributed by atoms with van der Waals surface area (Å²) >= 11 is 5.87. The number of furan rings is 1. The van der Waals surface area contributed by atoms with Gasteiger partial charge < -0.3 is 9.73 Å². The fourth-order valence-electron chi connectivity index (χ4n) is 2.12. The van der Waals surface area contributed by atoms with Crippen molar-refractivity contribution in [2.75, 3.05) is 6.54 Å². The Kier molecular flexibility index (Phi) is 4.10. The van der Waals surface area contributed by atoms with E-state index in [1.807, 2.05) is 6.07 Å². The zero-order valence-corrected chi connectivity index (χ0v) is 11.7. The number of rotatable bonds is 4. The van der Waals surface area contributed by atoms with Crippen LogP contribution in [0.15, 0.2) is 34.7 Å². The average Bonchev–Trinajstić information content (AvgIpc) is 2.76. The van der Waals surface area contributed by atoms with Crippen LogP contribution in [0, 0.1) is 13.8 Å². The summed E-state index contributed by atoms with van der Waals surface area (Å²) in [6.07, 6.45) is 0. The van der Waals surface area contributed by atoms with Crippen LogP contribution in [0.25, 0.3) is 0 Å². The minimum atomic E-state index is 0.0578. The first-order chi connectivity index (χ1) is 8.61. The number of nitrogens with one attached hydrogen (secondary N) is 1. The minimum Gasteiger partial charge on any atom is -0.448 e. The fourth-order valence-corrected chi connectivity index (χ4v) is 2.27. The molecule has 18 heavy (non-hydrogen) atoms. The van der Waals surface area contributed by atoms with E-state index < -0.39 is 0 Å². The highest BCUT2D eigenvalue weighted by molar-refractivity contribution is 6.28. The maximum Gasteiger partial charge on any atom is 0.193 e. The Balaban J connectivity index is 2.44. The quantitative estimate of drug-likeness (QED) is 0.892. The fraction of sp³-hybridized carbons (Fsp3) is 0.333. The van der Waals surface area contributed by atoms with E-state index in [1.54, 1.807) is 6.07 Å². The lowest BCUT2D eigenvalue weighted by atomic mass is 9.97. The second-order valence-corrected chi connectivity index (χ2v) is 4.87. The van der Waals surface area contributed by atoms with Gasteiger partial charge in [-0.25, -0.2) is 0 Å². The molecule has 1 aromatic heterocycles. The Hall–Kier alpha value is -1.25. The first kappa shape index (κ1) is 13.2. The molecule has 0 spiro atoms. The van der Waals surface area contributed by atoms with Gasteiger partial charge in [-0.05, 0) is 55.3 Å². The summed E-state index contributed by atoms with van der Waals surface area (Å²) in [6.45, 7) is 7.17. The molecule has 1 unspecified atom stereocenters. The van der Waals surface area contributed by atoms with Gasteiger partial charge in [-0.15, -0.1) is 0 Å². The molecular weight excluding hydrogens is 246 g/mol. The van der Waals surface area contributed by atoms with Crippen LogP contribution in [0.4, 0.5) is 0 Å². The van der Waals surface area contributed by atoms with Crippen LogP contribution in [0.1, 0.15) is 35.4 Å². The Morgan fingerprint density at radius 1 is 1.22 bits per heavy atom. The molecule has 0 fully saturated rings. The molecule has 0 saturated heterocycles. The van der Waals surface area contributed by atoms with Gasteiger partial charge >= 0.3 is 0 Å². The summed E-state index contributed by atoms with van der Waals surface area (Å²) in [7, 11) is 0. The molecule has 2 aromatic rings. The lowest BCUT2D eigenvalue weighted by molar-refractivity contribution is 0.452. The zero-order chi connectivity index (χ0) is 13.1. The van der Waals surface area contributed by atoms with Crippen molar-refractivity contribution in [3.8, 4) is 0 Å². The van der Waals surface area contributed by atoms with Crippen molar-refractivity contribution in [3.63, 3.8) is 0 Å². The van der Waals surface area contributed by atoms with E-state index in [9.17, 15) is 0 Å². The molecule has 2 rings (SSSR count). The van der Waals surface area contributed by atoms with Gasteiger partial charge in [-0.1, -0.05) is 30.7 Å². The second kappa shape index (κ2) is 5.59. The lowest BCUT2D eigenvalue weighted by Gasteiger charge is -2.18. The van der Waals surface area contributed by atoms with Crippen molar-refractivity contribution in [2.45, 2.75) is 26.8 Å². The maximum absolute atomic E-state index is 5.87. The SMILES string of the molecule is CCNC(c1ccc(Cl)o1)c1cc(C)ccc1C. The molecule has 3 heteroatoms. The molecule has 1 atom stereocenters. The molecule has 1 aromatic carbocycles. The normalized spacial score (nSPS) is 12.7. The zero-order valence-electron chi connectivity index (χ0n) is 11.0. The molecule has 0 bridgehead atoms. The number of halogens is 1. The van der Waals surface area contributed by atoms with E-state index in [-0.39, 0.29) is 6.04 Å². The van der Waals surface area contributed by atoms with Crippen LogP contribution in [0.2, 0.25) is 5.22 Å². The van der Waals surface area contributed by atoms with Crippen molar-refractivity contribution in [2.24, 2.45) is 0 Å². The molecule has 0 aliphatic rings.